The van der Waals surface area contributed by atoms with Gasteiger partial charge in [0, 0.05) is 6.54 Å². The molecule has 4 nitrogen and oxygen atoms in total. The molecule has 0 unspecified atom stereocenters. The average Bonchev–Trinajstić information content (AvgIpc) is 2.42. The van der Waals surface area contributed by atoms with Crippen LogP contribution in [0.2, 0.25) is 5.02 Å². The zero-order chi connectivity index (χ0) is 15.4. The van der Waals surface area contributed by atoms with E-state index in [1.807, 2.05) is 31.2 Å². The predicted molar refractivity (Wildman–Crippen MR) is 81.4 cm³/mol. The van der Waals surface area contributed by atoms with E-state index < -0.39 is 10.7 Å². The number of anilines is 1. The first-order chi connectivity index (χ1) is 9.97. The van der Waals surface area contributed by atoms with E-state index in [9.17, 15) is 14.5 Å². The number of nitro benzene ring substituents is 1. The van der Waals surface area contributed by atoms with Gasteiger partial charge in [-0.3, -0.25) is 10.1 Å². The number of halogens is 2. The summed E-state index contributed by atoms with van der Waals surface area (Å²) in [5, 5.41) is 13.7. The van der Waals surface area contributed by atoms with Crippen LogP contribution in [0.15, 0.2) is 36.4 Å². The van der Waals surface area contributed by atoms with Crippen LogP contribution in [0.1, 0.15) is 11.1 Å². The molecule has 2 aromatic rings. The Hall–Kier alpha value is -2.14. The lowest BCUT2D eigenvalue weighted by molar-refractivity contribution is -0.384. The molecular formula is C15H14ClFN2O2. The molecule has 2 aromatic carbocycles. The fourth-order valence-corrected chi connectivity index (χ4v) is 2.20. The van der Waals surface area contributed by atoms with Crippen molar-refractivity contribution in [1.82, 2.24) is 0 Å². The summed E-state index contributed by atoms with van der Waals surface area (Å²) in [6, 6.07) is 10.1. The standard InChI is InChI=1S/C15H14ClFN2O2/c1-10-3-2-4-11(7-10)5-6-18-14-8-12(16)13(17)9-15(14)19(20)21/h2-4,7-9,18H,5-6H2,1H3. The highest BCUT2D eigenvalue weighted by molar-refractivity contribution is 6.31. The monoisotopic (exact) mass is 308 g/mol. The topological polar surface area (TPSA) is 55.2 Å². The van der Waals surface area contributed by atoms with E-state index in [4.69, 9.17) is 11.6 Å². The van der Waals surface area contributed by atoms with E-state index >= 15 is 0 Å². The molecule has 0 fully saturated rings. The number of aryl methyl sites for hydroxylation is 1. The molecule has 0 aromatic heterocycles. The first-order valence-electron chi connectivity index (χ1n) is 6.40. The van der Waals surface area contributed by atoms with Crippen LogP contribution in [-0.2, 0) is 6.42 Å². The van der Waals surface area contributed by atoms with Crippen molar-refractivity contribution in [2.45, 2.75) is 13.3 Å². The molecule has 0 saturated heterocycles. The summed E-state index contributed by atoms with van der Waals surface area (Å²) in [5.74, 6) is -0.799. The lowest BCUT2D eigenvalue weighted by Gasteiger charge is -2.08. The van der Waals surface area contributed by atoms with E-state index in [-0.39, 0.29) is 16.4 Å². The van der Waals surface area contributed by atoms with E-state index in [1.165, 1.54) is 6.07 Å². The molecular weight excluding hydrogens is 295 g/mol. The molecule has 0 radical (unpaired) electrons. The third-order valence-corrected chi connectivity index (χ3v) is 3.34. The Bertz CT molecular complexity index is 677. The number of benzene rings is 2. The fraction of sp³-hybridized carbons (Fsp3) is 0.200. The van der Waals surface area contributed by atoms with Crippen molar-refractivity contribution in [2.75, 3.05) is 11.9 Å². The van der Waals surface area contributed by atoms with Crippen LogP contribution >= 0.6 is 11.6 Å². The predicted octanol–water partition coefficient (Wildman–Crippen LogP) is 4.35. The van der Waals surface area contributed by atoms with Crippen molar-refractivity contribution >= 4 is 23.0 Å². The lowest BCUT2D eigenvalue weighted by Crippen LogP contribution is -2.07. The minimum atomic E-state index is -0.799. The van der Waals surface area contributed by atoms with Crippen LogP contribution in [0.25, 0.3) is 0 Å². The summed E-state index contributed by atoms with van der Waals surface area (Å²) in [7, 11) is 0. The van der Waals surface area contributed by atoms with Crippen LogP contribution in [0, 0.1) is 22.9 Å². The molecule has 6 heteroatoms. The third-order valence-electron chi connectivity index (χ3n) is 3.05. The van der Waals surface area contributed by atoms with Gasteiger partial charge in [0.25, 0.3) is 5.69 Å². The number of nitro groups is 1. The molecule has 0 aliphatic rings. The van der Waals surface area contributed by atoms with Gasteiger partial charge in [0.2, 0.25) is 0 Å². The first kappa shape index (κ1) is 15.3. The summed E-state index contributed by atoms with van der Waals surface area (Å²) in [6.07, 6.45) is 0.702. The molecule has 1 N–H and O–H groups in total. The fourth-order valence-electron chi connectivity index (χ4n) is 2.04. The van der Waals surface area contributed by atoms with Crippen molar-refractivity contribution in [3.63, 3.8) is 0 Å². The van der Waals surface area contributed by atoms with Gasteiger partial charge in [-0.15, -0.1) is 0 Å². The minimum Gasteiger partial charge on any atom is -0.379 e. The molecule has 0 saturated carbocycles. The van der Waals surface area contributed by atoms with E-state index in [1.54, 1.807) is 0 Å². The molecule has 0 aliphatic heterocycles. The van der Waals surface area contributed by atoms with Gasteiger partial charge < -0.3 is 5.32 Å². The Morgan fingerprint density at radius 2 is 2.10 bits per heavy atom. The molecule has 2 rings (SSSR count). The highest BCUT2D eigenvalue weighted by Crippen LogP contribution is 2.30. The van der Waals surface area contributed by atoms with Crippen LogP contribution in [0.3, 0.4) is 0 Å². The number of hydrogen-bond donors (Lipinski definition) is 1. The van der Waals surface area contributed by atoms with Crippen molar-refractivity contribution in [1.29, 1.82) is 0 Å². The zero-order valence-electron chi connectivity index (χ0n) is 11.4. The van der Waals surface area contributed by atoms with Gasteiger partial charge in [-0.1, -0.05) is 41.4 Å². The van der Waals surface area contributed by atoms with Gasteiger partial charge >= 0.3 is 0 Å². The van der Waals surface area contributed by atoms with Crippen molar-refractivity contribution in [2.24, 2.45) is 0 Å². The van der Waals surface area contributed by atoms with Crippen molar-refractivity contribution in [3.8, 4) is 0 Å². The number of nitrogens with one attached hydrogen (secondary N) is 1. The molecule has 0 aliphatic carbocycles. The molecule has 0 atom stereocenters. The average molecular weight is 309 g/mol. The lowest BCUT2D eigenvalue weighted by atomic mass is 10.1. The molecule has 0 amide bonds. The van der Waals surface area contributed by atoms with E-state index in [2.05, 4.69) is 5.32 Å². The molecule has 0 bridgehead atoms. The Morgan fingerprint density at radius 3 is 2.76 bits per heavy atom. The third kappa shape index (κ3) is 3.92. The second-order valence-corrected chi connectivity index (χ2v) is 5.11. The van der Waals surface area contributed by atoms with Gasteiger partial charge in [0.15, 0.2) is 0 Å². The summed E-state index contributed by atoms with van der Waals surface area (Å²) in [6.45, 7) is 2.49. The highest BCUT2D eigenvalue weighted by atomic mass is 35.5. The number of nitrogens with zero attached hydrogens (tertiary/aromatic N) is 1. The van der Waals surface area contributed by atoms with E-state index in [0.717, 1.165) is 17.2 Å². The minimum absolute atomic E-state index is 0.140. The zero-order valence-corrected chi connectivity index (χ0v) is 12.2. The van der Waals surface area contributed by atoms with Crippen LogP contribution in [-0.4, -0.2) is 11.5 Å². The largest absolute Gasteiger partial charge is 0.379 e. The van der Waals surface area contributed by atoms with Gasteiger partial charge in [0.1, 0.15) is 11.5 Å². The van der Waals surface area contributed by atoms with Crippen LogP contribution < -0.4 is 5.32 Å². The van der Waals surface area contributed by atoms with Crippen molar-refractivity contribution in [3.05, 3.63) is 68.5 Å². The summed E-state index contributed by atoms with van der Waals surface area (Å²) in [4.78, 5) is 10.3. The quantitative estimate of drug-likeness (QED) is 0.660. The molecule has 110 valence electrons. The van der Waals surface area contributed by atoms with Gasteiger partial charge in [0.05, 0.1) is 16.0 Å². The summed E-state index contributed by atoms with van der Waals surface area (Å²) in [5.41, 5.74) is 2.18. The van der Waals surface area contributed by atoms with Gasteiger partial charge in [-0.25, -0.2) is 4.39 Å². The normalized spacial score (nSPS) is 10.4. The maximum atomic E-state index is 13.3. The molecule has 0 spiro atoms. The van der Waals surface area contributed by atoms with Gasteiger partial charge in [-0.2, -0.15) is 0 Å². The summed E-state index contributed by atoms with van der Waals surface area (Å²) >= 11 is 5.67. The SMILES string of the molecule is Cc1cccc(CCNc2cc(Cl)c(F)cc2[N+](=O)[O-])c1. The number of hydrogen-bond acceptors (Lipinski definition) is 3. The van der Waals surface area contributed by atoms with Gasteiger partial charge in [-0.05, 0) is 25.0 Å². The Kier molecular flexibility index (Phi) is 4.75. The molecule has 0 heterocycles. The van der Waals surface area contributed by atoms with E-state index in [0.29, 0.717) is 13.0 Å². The van der Waals surface area contributed by atoms with Crippen molar-refractivity contribution < 1.29 is 9.31 Å². The van der Waals surface area contributed by atoms with Crippen LogP contribution in [0.4, 0.5) is 15.8 Å². The summed E-state index contributed by atoms with van der Waals surface area (Å²) < 4.78 is 13.3. The molecule has 21 heavy (non-hydrogen) atoms. The second-order valence-electron chi connectivity index (χ2n) is 4.71. The second kappa shape index (κ2) is 6.54. The van der Waals surface area contributed by atoms with Crippen LogP contribution in [0.5, 0.6) is 0 Å². The first-order valence-corrected chi connectivity index (χ1v) is 6.78. The maximum Gasteiger partial charge on any atom is 0.295 e. The Morgan fingerprint density at radius 1 is 1.33 bits per heavy atom. The smallest absolute Gasteiger partial charge is 0.295 e. The maximum absolute atomic E-state index is 13.3. The Balaban J connectivity index is 2.09. The number of rotatable bonds is 5. The Labute approximate surface area is 126 Å². The highest BCUT2D eigenvalue weighted by Gasteiger charge is 2.17.